The summed E-state index contributed by atoms with van der Waals surface area (Å²) < 4.78 is 11.3. The van der Waals surface area contributed by atoms with Crippen LogP contribution in [0.2, 0.25) is 0 Å². The van der Waals surface area contributed by atoms with E-state index in [2.05, 4.69) is 29.3 Å². The minimum Gasteiger partial charge on any atom is -0.491 e. The summed E-state index contributed by atoms with van der Waals surface area (Å²) in [5.74, 6) is 0.920. The minimum absolute atomic E-state index is 0.216. The third kappa shape index (κ3) is 4.43. The zero-order valence-corrected chi connectivity index (χ0v) is 17.9. The number of carbonyl (C=O) groups is 1. The number of anilines is 1. The van der Waals surface area contributed by atoms with E-state index in [-0.39, 0.29) is 11.6 Å². The van der Waals surface area contributed by atoms with Gasteiger partial charge in [-0.05, 0) is 61.7 Å². The van der Waals surface area contributed by atoms with Crippen LogP contribution < -0.4 is 10.1 Å². The second-order valence-corrected chi connectivity index (χ2v) is 7.54. The molecule has 2 aromatic carbocycles. The predicted molar refractivity (Wildman–Crippen MR) is 122 cm³/mol. The van der Waals surface area contributed by atoms with Gasteiger partial charge in [0.25, 0.3) is 5.91 Å². The van der Waals surface area contributed by atoms with E-state index >= 15 is 0 Å². The van der Waals surface area contributed by atoms with Gasteiger partial charge in [0.1, 0.15) is 11.3 Å². The van der Waals surface area contributed by atoms with Gasteiger partial charge in [-0.25, -0.2) is 0 Å². The largest absolute Gasteiger partial charge is 0.491 e. The number of ether oxygens (including phenoxy) is 1. The van der Waals surface area contributed by atoms with Crippen molar-refractivity contribution in [2.24, 2.45) is 0 Å². The highest BCUT2D eigenvalue weighted by Gasteiger charge is 2.16. The summed E-state index contributed by atoms with van der Waals surface area (Å²) >= 11 is 0. The van der Waals surface area contributed by atoms with Crippen LogP contribution in [0.5, 0.6) is 5.75 Å². The molecule has 0 spiro atoms. The van der Waals surface area contributed by atoms with Crippen molar-refractivity contribution >= 4 is 22.5 Å². The Morgan fingerprint density at radius 1 is 1.10 bits per heavy atom. The van der Waals surface area contributed by atoms with E-state index in [1.54, 1.807) is 12.3 Å². The lowest BCUT2D eigenvalue weighted by molar-refractivity contribution is 0.101. The number of aromatic nitrogens is 2. The van der Waals surface area contributed by atoms with Gasteiger partial charge < -0.3 is 14.6 Å². The van der Waals surface area contributed by atoms with Crippen molar-refractivity contribution in [3.05, 3.63) is 71.5 Å². The molecule has 2 heterocycles. The maximum absolute atomic E-state index is 12.8. The van der Waals surface area contributed by atoms with Crippen molar-refractivity contribution < 1.29 is 14.1 Å². The molecule has 1 amide bonds. The summed E-state index contributed by atoms with van der Waals surface area (Å²) in [6, 6.07) is 15.1. The van der Waals surface area contributed by atoms with Crippen molar-refractivity contribution in [3.63, 3.8) is 0 Å². The fraction of sp³-hybridized carbons (Fsp3) is 0.240. The molecule has 31 heavy (non-hydrogen) atoms. The van der Waals surface area contributed by atoms with Gasteiger partial charge in [0.2, 0.25) is 0 Å². The van der Waals surface area contributed by atoms with Gasteiger partial charge in [0.05, 0.1) is 12.3 Å². The summed E-state index contributed by atoms with van der Waals surface area (Å²) in [4.78, 5) is 17.3. The third-order valence-corrected chi connectivity index (χ3v) is 5.27. The molecule has 2 aromatic heterocycles. The van der Waals surface area contributed by atoms with E-state index < -0.39 is 0 Å². The number of nitrogens with zero attached hydrogens (tertiary/aromatic N) is 2. The molecule has 0 unspecified atom stereocenters. The molecule has 4 rings (SSSR count). The smallest absolute Gasteiger partial charge is 0.277 e. The second-order valence-electron chi connectivity index (χ2n) is 7.54. The number of rotatable bonds is 7. The number of fused-ring (bicyclic) bond motifs is 1. The maximum Gasteiger partial charge on any atom is 0.277 e. The highest BCUT2D eigenvalue weighted by Crippen LogP contribution is 2.31. The second kappa shape index (κ2) is 9.00. The maximum atomic E-state index is 12.8. The first-order valence-corrected chi connectivity index (χ1v) is 10.4. The van der Waals surface area contributed by atoms with Gasteiger partial charge >= 0.3 is 0 Å². The first-order chi connectivity index (χ1) is 15.1. The normalized spacial score (nSPS) is 10.9. The van der Waals surface area contributed by atoms with E-state index in [1.807, 2.05) is 49.4 Å². The molecule has 1 N–H and O–H groups in total. The average molecular weight is 415 g/mol. The molecular weight excluding hydrogens is 390 g/mol. The fourth-order valence-electron chi connectivity index (χ4n) is 3.30. The minimum atomic E-state index is -0.344. The molecule has 4 aromatic rings. The Bertz CT molecular complexity index is 1230. The standard InChI is InChI=1S/C25H25N3O3/c1-4-5-13-30-22-11-10-20(19-7-6-12-26-24(19)22)27-25(29)21-15-23(31-28-21)18-9-8-16(2)17(3)14-18/h6-12,14-15H,4-5,13H2,1-3H3,(H,27,29). The molecule has 0 saturated heterocycles. The molecule has 0 radical (unpaired) electrons. The zero-order valence-electron chi connectivity index (χ0n) is 17.9. The molecule has 0 aliphatic heterocycles. The summed E-state index contributed by atoms with van der Waals surface area (Å²) in [7, 11) is 0. The Labute approximate surface area is 181 Å². The van der Waals surface area contributed by atoms with Crippen molar-refractivity contribution in [3.8, 4) is 17.1 Å². The molecule has 6 nitrogen and oxygen atoms in total. The Hall–Kier alpha value is -3.67. The number of carbonyl (C=O) groups excluding carboxylic acids is 1. The van der Waals surface area contributed by atoms with E-state index in [9.17, 15) is 4.79 Å². The van der Waals surface area contributed by atoms with Crippen LogP contribution in [-0.4, -0.2) is 22.7 Å². The van der Waals surface area contributed by atoms with Gasteiger partial charge in [-0.2, -0.15) is 0 Å². The van der Waals surface area contributed by atoms with Crippen LogP contribution in [0.4, 0.5) is 5.69 Å². The SMILES string of the molecule is CCCCOc1ccc(NC(=O)c2cc(-c3ccc(C)c(C)c3)on2)c2cccnc12. The van der Waals surface area contributed by atoms with Crippen molar-refractivity contribution in [1.29, 1.82) is 0 Å². The summed E-state index contributed by atoms with van der Waals surface area (Å²) in [6.45, 7) is 6.84. The van der Waals surface area contributed by atoms with E-state index in [0.717, 1.165) is 29.4 Å². The molecule has 0 aliphatic carbocycles. The van der Waals surface area contributed by atoms with Gasteiger partial charge in [0.15, 0.2) is 11.5 Å². The highest BCUT2D eigenvalue weighted by molar-refractivity contribution is 6.08. The lowest BCUT2D eigenvalue weighted by atomic mass is 10.0. The molecule has 0 atom stereocenters. The Morgan fingerprint density at radius 3 is 2.77 bits per heavy atom. The van der Waals surface area contributed by atoms with Crippen LogP contribution in [0.15, 0.2) is 59.3 Å². The Kier molecular flexibility index (Phi) is 5.98. The molecule has 158 valence electrons. The van der Waals surface area contributed by atoms with Crippen molar-refractivity contribution in [1.82, 2.24) is 10.1 Å². The Morgan fingerprint density at radius 2 is 1.97 bits per heavy atom. The highest BCUT2D eigenvalue weighted by atomic mass is 16.5. The van der Waals surface area contributed by atoms with Crippen LogP contribution in [-0.2, 0) is 0 Å². The Balaban J connectivity index is 1.57. The monoisotopic (exact) mass is 415 g/mol. The predicted octanol–water partition coefficient (Wildman–Crippen LogP) is 5.94. The quantitative estimate of drug-likeness (QED) is 0.378. The van der Waals surface area contributed by atoms with Gasteiger partial charge in [-0.1, -0.05) is 30.6 Å². The van der Waals surface area contributed by atoms with Crippen molar-refractivity contribution in [2.45, 2.75) is 33.6 Å². The molecule has 0 aliphatic rings. The average Bonchev–Trinajstić information content (AvgIpc) is 3.28. The number of hydrogen-bond donors (Lipinski definition) is 1. The van der Waals surface area contributed by atoms with Crippen LogP contribution in [0.3, 0.4) is 0 Å². The van der Waals surface area contributed by atoms with E-state index in [4.69, 9.17) is 9.26 Å². The number of benzene rings is 2. The molecule has 0 saturated carbocycles. The van der Waals surface area contributed by atoms with E-state index in [0.29, 0.717) is 29.3 Å². The number of aryl methyl sites for hydroxylation is 2. The van der Waals surface area contributed by atoms with Gasteiger partial charge in [-0.15, -0.1) is 0 Å². The summed E-state index contributed by atoms with van der Waals surface area (Å²) in [6.07, 6.45) is 3.75. The molecule has 0 bridgehead atoms. The molecular formula is C25H25N3O3. The summed E-state index contributed by atoms with van der Waals surface area (Å²) in [5, 5.41) is 7.69. The number of amides is 1. The van der Waals surface area contributed by atoms with Crippen LogP contribution in [0.1, 0.15) is 41.4 Å². The number of unbranched alkanes of at least 4 members (excludes halogenated alkanes) is 1. The topological polar surface area (TPSA) is 77.2 Å². The lowest BCUT2D eigenvalue weighted by Crippen LogP contribution is -2.12. The lowest BCUT2D eigenvalue weighted by Gasteiger charge is -2.12. The van der Waals surface area contributed by atoms with Crippen LogP contribution in [0, 0.1) is 13.8 Å². The summed E-state index contributed by atoms with van der Waals surface area (Å²) in [5.41, 5.74) is 4.81. The van der Waals surface area contributed by atoms with Gasteiger partial charge in [0, 0.05) is 23.2 Å². The van der Waals surface area contributed by atoms with E-state index in [1.165, 1.54) is 5.56 Å². The molecule has 0 fully saturated rings. The van der Waals surface area contributed by atoms with Gasteiger partial charge in [-0.3, -0.25) is 9.78 Å². The van der Waals surface area contributed by atoms with Crippen molar-refractivity contribution in [2.75, 3.05) is 11.9 Å². The fourth-order valence-corrected chi connectivity index (χ4v) is 3.30. The first-order valence-electron chi connectivity index (χ1n) is 10.4. The third-order valence-electron chi connectivity index (χ3n) is 5.27. The first kappa shape index (κ1) is 20.6. The van der Waals surface area contributed by atoms with Crippen LogP contribution in [0.25, 0.3) is 22.2 Å². The number of nitrogens with one attached hydrogen (secondary N) is 1. The number of hydrogen-bond acceptors (Lipinski definition) is 5. The zero-order chi connectivity index (χ0) is 21.8. The molecule has 6 heteroatoms. The number of pyridine rings is 1. The van der Waals surface area contributed by atoms with Crippen LogP contribution >= 0.6 is 0 Å².